The van der Waals surface area contributed by atoms with Crippen LogP contribution in [0.15, 0.2) is 29.2 Å². The maximum atomic E-state index is 12.8. The maximum Gasteiger partial charge on any atom is 0.251 e. The molecule has 1 heterocycles. The minimum absolute atomic E-state index is 0.0124. The van der Waals surface area contributed by atoms with Crippen LogP contribution in [0.25, 0.3) is 0 Å². The van der Waals surface area contributed by atoms with Crippen molar-refractivity contribution < 1.29 is 18.3 Å². The number of sulfonamides is 1. The summed E-state index contributed by atoms with van der Waals surface area (Å²) in [4.78, 5) is 12.6. The molecule has 1 aromatic rings. The van der Waals surface area contributed by atoms with Gasteiger partial charge in [-0.25, -0.2) is 8.42 Å². The zero-order valence-electron chi connectivity index (χ0n) is 15.2. The van der Waals surface area contributed by atoms with E-state index in [-0.39, 0.29) is 29.0 Å². The molecule has 1 saturated carbocycles. The Morgan fingerprint density at radius 1 is 1.08 bits per heavy atom. The lowest BCUT2D eigenvalue weighted by Gasteiger charge is -2.32. The van der Waals surface area contributed by atoms with Crippen molar-refractivity contribution >= 4 is 15.9 Å². The first-order chi connectivity index (χ1) is 12.4. The number of aliphatic hydroxyl groups is 1. The Hall–Kier alpha value is -1.44. The first kappa shape index (κ1) is 19.3. The molecule has 3 rings (SSSR count). The van der Waals surface area contributed by atoms with E-state index in [2.05, 4.69) is 5.32 Å². The van der Waals surface area contributed by atoms with Crippen LogP contribution < -0.4 is 5.32 Å². The molecule has 0 spiro atoms. The number of benzene rings is 1. The van der Waals surface area contributed by atoms with Gasteiger partial charge in [0, 0.05) is 24.2 Å². The average Bonchev–Trinajstić information content (AvgIpc) is 2.64. The third-order valence-electron chi connectivity index (χ3n) is 5.50. The molecule has 0 radical (unpaired) electrons. The van der Waals surface area contributed by atoms with E-state index in [1.54, 1.807) is 16.4 Å². The van der Waals surface area contributed by atoms with Crippen molar-refractivity contribution in [3.63, 3.8) is 0 Å². The number of carbonyl (C=O) groups excluding carboxylic acids is 1. The van der Waals surface area contributed by atoms with E-state index in [9.17, 15) is 18.3 Å². The van der Waals surface area contributed by atoms with Crippen molar-refractivity contribution in [3.05, 3.63) is 29.8 Å². The molecular formula is C19H28N2O4S. The van der Waals surface area contributed by atoms with Gasteiger partial charge in [-0.2, -0.15) is 4.31 Å². The lowest BCUT2D eigenvalue weighted by atomic mass is 9.93. The quantitative estimate of drug-likeness (QED) is 0.839. The molecule has 0 aromatic heterocycles. The van der Waals surface area contributed by atoms with Crippen LogP contribution in [0.1, 0.15) is 62.2 Å². The topological polar surface area (TPSA) is 86.7 Å². The fourth-order valence-corrected chi connectivity index (χ4v) is 5.53. The lowest BCUT2D eigenvalue weighted by Crippen LogP contribution is -2.42. The summed E-state index contributed by atoms with van der Waals surface area (Å²) in [5.41, 5.74) is 0.460. The Morgan fingerprint density at radius 2 is 1.73 bits per heavy atom. The molecule has 0 unspecified atom stereocenters. The van der Waals surface area contributed by atoms with Crippen LogP contribution in [0.4, 0.5) is 0 Å². The highest BCUT2D eigenvalue weighted by Crippen LogP contribution is 2.25. The molecular weight excluding hydrogens is 352 g/mol. The molecule has 0 bridgehead atoms. The van der Waals surface area contributed by atoms with Crippen molar-refractivity contribution in [1.29, 1.82) is 0 Å². The van der Waals surface area contributed by atoms with Gasteiger partial charge in [0.1, 0.15) is 0 Å². The second-order valence-electron chi connectivity index (χ2n) is 7.46. The standard InChI is InChI=1S/C19H28N2O4S/c1-14-4-2-3-13-21(14)26(24,25)18-11-5-15(6-12-18)19(23)20-16-7-9-17(22)10-8-16/h5-6,11-12,14,16-17,22H,2-4,7-10,13H2,1H3,(H,20,23)/t14-,16?,17?/m1/s1. The summed E-state index contributed by atoms with van der Waals surface area (Å²) in [6.45, 7) is 2.50. The Morgan fingerprint density at radius 3 is 2.35 bits per heavy atom. The van der Waals surface area contributed by atoms with Crippen molar-refractivity contribution in [2.45, 2.75) is 75.0 Å². The molecule has 1 aromatic carbocycles. The number of hydrogen-bond donors (Lipinski definition) is 2. The van der Waals surface area contributed by atoms with Crippen LogP contribution in [-0.4, -0.2) is 48.5 Å². The molecule has 1 amide bonds. The predicted molar refractivity (Wildman–Crippen MR) is 99.4 cm³/mol. The highest BCUT2D eigenvalue weighted by Gasteiger charge is 2.31. The molecule has 1 atom stereocenters. The fourth-order valence-electron chi connectivity index (χ4n) is 3.83. The first-order valence-corrected chi connectivity index (χ1v) is 10.9. The van der Waals surface area contributed by atoms with E-state index in [0.29, 0.717) is 24.9 Å². The molecule has 2 N–H and O–H groups in total. The van der Waals surface area contributed by atoms with Gasteiger partial charge in [-0.1, -0.05) is 6.42 Å². The molecule has 26 heavy (non-hydrogen) atoms. The minimum Gasteiger partial charge on any atom is -0.393 e. The average molecular weight is 381 g/mol. The Kier molecular flexibility index (Phi) is 5.99. The van der Waals surface area contributed by atoms with Gasteiger partial charge in [0.15, 0.2) is 0 Å². The largest absolute Gasteiger partial charge is 0.393 e. The summed E-state index contributed by atoms with van der Waals surface area (Å²) in [5.74, 6) is -0.193. The number of rotatable bonds is 4. The third kappa shape index (κ3) is 4.27. The summed E-state index contributed by atoms with van der Waals surface area (Å²) < 4.78 is 27.2. The van der Waals surface area contributed by atoms with Gasteiger partial charge in [0.2, 0.25) is 10.0 Å². The van der Waals surface area contributed by atoms with Gasteiger partial charge in [-0.05, 0) is 69.7 Å². The van der Waals surface area contributed by atoms with Gasteiger partial charge >= 0.3 is 0 Å². The van der Waals surface area contributed by atoms with Crippen molar-refractivity contribution in [3.8, 4) is 0 Å². The van der Waals surface area contributed by atoms with Crippen LogP contribution in [0, 0.1) is 0 Å². The number of carbonyl (C=O) groups is 1. The molecule has 1 aliphatic carbocycles. The van der Waals surface area contributed by atoms with E-state index < -0.39 is 10.0 Å². The van der Waals surface area contributed by atoms with E-state index >= 15 is 0 Å². The summed E-state index contributed by atoms with van der Waals surface area (Å²) >= 11 is 0. The van der Waals surface area contributed by atoms with E-state index in [0.717, 1.165) is 32.1 Å². The number of aliphatic hydroxyl groups excluding tert-OH is 1. The highest BCUT2D eigenvalue weighted by molar-refractivity contribution is 7.89. The normalized spacial score (nSPS) is 27.8. The van der Waals surface area contributed by atoms with Gasteiger partial charge in [-0.3, -0.25) is 4.79 Å². The monoisotopic (exact) mass is 380 g/mol. The zero-order chi connectivity index (χ0) is 18.7. The smallest absolute Gasteiger partial charge is 0.251 e. The summed E-state index contributed by atoms with van der Waals surface area (Å²) in [7, 11) is -3.51. The number of nitrogens with zero attached hydrogens (tertiary/aromatic N) is 1. The predicted octanol–water partition coefficient (Wildman–Crippen LogP) is 2.28. The van der Waals surface area contributed by atoms with E-state index in [1.807, 2.05) is 6.92 Å². The zero-order valence-corrected chi connectivity index (χ0v) is 16.0. The summed E-state index contributed by atoms with van der Waals surface area (Å²) in [5, 5.41) is 12.5. The second kappa shape index (κ2) is 8.06. The Labute approximate surface area is 155 Å². The Balaban J connectivity index is 1.66. The molecule has 7 heteroatoms. The molecule has 1 aliphatic heterocycles. The summed E-state index contributed by atoms with van der Waals surface area (Å²) in [6.07, 6.45) is 5.52. The molecule has 144 valence electrons. The number of nitrogens with one attached hydrogen (secondary N) is 1. The fraction of sp³-hybridized carbons (Fsp3) is 0.632. The molecule has 2 aliphatic rings. The van der Waals surface area contributed by atoms with Crippen LogP contribution in [0.3, 0.4) is 0 Å². The van der Waals surface area contributed by atoms with Gasteiger partial charge in [0.25, 0.3) is 5.91 Å². The van der Waals surface area contributed by atoms with Crippen molar-refractivity contribution in [2.75, 3.05) is 6.54 Å². The lowest BCUT2D eigenvalue weighted by molar-refractivity contribution is 0.0867. The molecule has 6 nitrogen and oxygen atoms in total. The number of amides is 1. The molecule has 2 fully saturated rings. The van der Waals surface area contributed by atoms with Crippen LogP contribution in [0.5, 0.6) is 0 Å². The van der Waals surface area contributed by atoms with E-state index in [1.165, 1.54) is 12.1 Å². The number of hydrogen-bond acceptors (Lipinski definition) is 4. The number of piperidine rings is 1. The van der Waals surface area contributed by atoms with Crippen molar-refractivity contribution in [1.82, 2.24) is 9.62 Å². The highest BCUT2D eigenvalue weighted by atomic mass is 32.2. The van der Waals surface area contributed by atoms with Gasteiger partial charge in [0.05, 0.1) is 11.0 Å². The van der Waals surface area contributed by atoms with Crippen LogP contribution in [-0.2, 0) is 10.0 Å². The first-order valence-electron chi connectivity index (χ1n) is 9.49. The van der Waals surface area contributed by atoms with Crippen LogP contribution >= 0.6 is 0 Å². The van der Waals surface area contributed by atoms with E-state index in [4.69, 9.17) is 0 Å². The third-order valence-corrected chi connectivity index (χ3v) is 7.52. The van der Waals surface area contributed by atoms with Gasteiger partial charge < -0.3 is 10.4 Å². The summed E-state index contributed by atoms with van der Waals surface area (Å²) in [6, 6.07) is 6.29. The maximum absolute atomic E-state index is 12.8. The van der Waals surface area contributed by atoms with Gasteiger partial charge in [-0.15, -0.1) is 0 Å². The van der Waals surface area contributed by atoms with Crippen molar-refractivity contribution in [2.24, 2.45) is 0 Å². The molecule has 1 saturated heterocycles. The Bertz CT molecular complexity index is 724. The second-order valence-corrected chi connectivity index (χ2v) is 9.35. The van der Waals surface area contributed by atoms with Crippen LogP contribution in [0.2, 0.25) is 0 Å². The SMILES string of the molecule is C[C@@H]1CCCCN1S(=O)(=O)c1ccc(C(=O)NC2CCC(O)CC2)cc1. The minimum atomic E-state index is -3.51.